The quantitative estimate of drug-likeness (QED) is 0.592. The van der Waals surface area contributed by atoms with Crippen molar-refractivity contribution in [2.45, 2.75) is 19.5 Å². The van der Waals surface area contributed by atoms with Gasteiger partial charge in [-0.05, 0) is 13.0 Å². The molecule has 1 aliphatic rings. The molecule has 1 atom stereocenters. The topological polar surface area (TPSA) is 85.2 Å². The molecule has 1 aromatic carbocycles. The SMILES string of the molecule is CC(CN1CCOCC1)NCc1ccc(O)c(O)c1O. The van der Waals surface area contributed by atoms with Crippen LogP contribution in [0.1, 0.15) is 12.5 Å². The molecule has 0 bridgehead atoms. The molecule has 0 amide bonds. The van der Waals surface area contributed by atoms with E-state index in [1.165, 1.54) is 6.07 Å². The van der Waals surface area contributed by atoms with Crippen LogP contribution in [0.2, 0.25) is 0 Å². The maximum absolute atomic E-state index is 9.74. The number of phenolic OH excluding ortho intramolecular Hbond substituents is 3. The Hall–Kier alpha value is -1.50. The molecule has 0 saturated carbocycles. The summed E-state index contributed by atoms with van der Waals surface area (Å²) >= 11 is 0. The molecule has 2 rings (SSSR count). The highest BCUT2D eigenvalue weighted by Crippen LogP contribution is 2.36. The summed E-state index contributed by atoms with van der Waals surface area (Å²) in [6.45, 7) is 6.86. The number of benzene rings is 1. The lowest BCUT2D eigenvalue weighted by atomic mass is 10.1. The van der Waals surface area contributed by atoms with Crippen LogP contribution < -0.4 is 5.32 Å². The number of nitrogens with zero attached hydrogens (tertiary/aromatic N) is 1. The lowest BCUT2D eigenvalue weighted by Gasteiger charge is -2.29. The van der Waals surface area contributed by atoms with E-state index in [0.717, 1.165) is 32.8 Å². The van der Waals surface area contributed by atoms with Crippen molar-refractivity contribution < 1.29 is 20.1 Å². The van der Waals surface area contributed by atoms with Gasteiger partial charge in [0.15, 0.2) is 11.5 Å². The molecule has 6 nitrogen and oxygen atoms in total. The highest BCUT2D eigenvalue weighted by Gasteiger charge is 2.15. The number of nitrogens with one attached hydrogen (secondary N) is 1. The van der Waals surface area contributed by atoms with Gasteiger partial charge in [-0.25, -0.2) is 0 Å². The fraction of sp³-hybridized carbons (Fsp3) is 0.571. The molecule has 1 heterocycles. The lowest BCUT2D eigenvalue weighted by Crippen LogP contribution is -2.44. The average Bonchev–Trinajstić information content (AvgIpc) is 2.45. The minimum atomic E-state index is -0.467. The van der Waals surface area contributed by atoms with E-state index in [9.17, 15) is 15.3 Å². The van der Waals surface area contributed by atoms with E-state index in [4.69, 9.17) is 4.74 Å². The average molecular weight is 282 g/mol. The van der Waals surface area contributed by atoms with Crippen LogP contribution in [0.4, 0.5) is 0 Å². The minimum absolute atomic E-state index is 0.253. The van der Waals surface area contributed by atoms with Gasteiger partial charge in [-0.3, -0.25) is 4.90 Å². The Bertz CT molecular complexity index is 447. The molecule has 0 radical (unpaired) electrons. The van der Waals surface area contributed by atoms with E-state index in [2.05, 4.69) is 17.1 Å². The second-order valence-corrected chi connectivity index (χ2v) is 5.14. The standard InChI is InChI=1S/C14H22N2O4/c1-10(9-16-4-6-20-7-5-16)15-8-11-2-3-12(17)14(19)13(11)18/h2-3,10,15,17-19H,4-9H2,1H3. The monoisotopic (exact) mass is 282 g/mol. The smallest absolute Gasteiger partial charge is 0.200 e. The van der Waals surface area contributed by atoms with E-state index < -0.39 is 5.75 Å². The van der Waals surface area contributed by atoms with Gasteiger partial charge in [0, 0.05) is 37.8 Å². The summed E-state index contributed by atoms with van der Waals surface area (Å²) in [4.78, 5) is 2.33. The minimum Gasteiger partial charge on any atom is -0.504 e. The lowest BCUT2D eigenvalue weighted by molar-refractivity contribution is 0.0343. The molecule has 1 unspecified atom stereocenters. The fourth-order valence-corrected chi connectivity index (χ4v) is 2.27. The first kappa shape index (κ1) is 14.9. The van der Waals surface area contributed by atoms with Crippen LogP contribution in [0.3, 0.4) is 0 Å². The zero-order valence-corrected chi connectivity index (χ0v) is 11.7. The van der Waals surface area contributed by atoms with Crippen molar-refractivity contribution in [1.82, 2.24) is 10.2 Å². The number of morpholine rings is 1. The van der Waals surface area contributed by atoms with Gasteiger partial charge in [-0.15, -0.1) is 0 Å². The number of aromatic hydroxyl groups is 3. The van der Waals surface area contributed by atoms with Crippen molar-refractivity contribution in [3.05, 3.63) is 17.7 Å². The first-order valence-corrected chi connectivity index (χ1v) is 6.84. The van der Waals surface area contributed by atoms with E-state index >= 15 is 0 Å². The molecule has 0 aliphatic carbocycles. The number of ether oxygens (including phenoxy) is 1. The van der Waals surface area contributed by atoms with E-state index in [-0.39, 0.29) is 17.5 Å². The largest absolute Gasteiger partial charge is 0.504 e. The van der Waals surface area contributed by atoms with Crippen LogP contribution in [-0.2, 0) is 11.3 Å². The summed E-state index contributed by atoms with van der Waals surface area (Å²) in [6, 6.07) is 3.22. The highest BCUT2D eigenvalue weighted by atomic mass is 16.5. The number of phenols is 3. The maximum Gasteiger partial charge on any atom is 0.200 e. The van der Waals surface area contributed by atoms with E-state index in [1.807, 2.05) is 0 Å². The Morgan fingerprint density at radius 3 is 2.60 bits per heavy atom. The summed E-state index contributed by atoms with van der Waals surface area (Å²) in [5, 5.41) is 31.8. The Morgan fingerprint density at radius 2 is 1.90 bits per heavy atom. The highest BCUT2D eigenvalue weighted by molar-refractivity contribution is 5.52. The Kier molecular flexibility index (Phi) is 5.05. The first-order valence-electron chi connectivity index (χ1n) is 6.84. The summed E-state index contributed by atoms with van der Waals surface area (Å²) < 4.78 is 5.30. The predicted molar refractivity (Wildman–Crippen MR) is 75.0 cm³/mol. The fourth-order valence-electron chi connectivity index (χ4n) is 2.27. The molecular formula is C14H22N2O4. The van der Waals surface area contributed by atoms with Crippen molar-refractivity contribution in [1.29, 1.82) is 0 Å². The third-order valence-electron chi connectivity index (χ3n) is 3.49. The van der Waals surface area contributed by atoms with Gasteiger partial charge >= 0.3 is 0 Å². The van der Waals surface area contributed by atoms with Crippen LogP contribution in [-0.4, -0.2) is 59.1 Å². The van der Waals surface area contributed by atoms with Crippen molar-refractivity contribution in [3.63, 3.8) is 0 Å². The zero-order valence-electron chi connectivity index (χ0n) is 11.7. The van der Waals surface area contributed by atoms with Crippen LogP contribution in [0.15, 0.2) is 12.1 Å². The number of hydrogen-bond acceptors (Lipinski definition) is 6. The molecule has 6 heteroatoms. The van der Waals surface area contributed by atoms with Gasteiger partial charge in [-0.2, -0.15) is 0 Å². The molecular weight excluding hydrogens is 260 g/mol. The maximum atomic E-state index is 9.74. The van der Waals surface area contributed by atoms with Gasteiger partial charge in [0.2, 0.25) is 5.75 Å². The van der Waals surface area contributed by atoms with Crippen LogP contribution in [0.25, 0.3) is 0 Å². The zero-order chi connectivity index (χ0) is 14.5. The summed E-state index contributed by atoms with van der Waals surface area (Å²) in [6.07, 6.45) is 0. The van der Waals surface area contributed by atoms with Gasteiger partial charge < -0.3 is 25.4 Å². The molecule has 112 valence electrons. The van der Waals surface area contributed by atoms with Crippen molar-refractivity contribution in [2.24, 2.45) is 0 Å². The van der Waals surface area contributed by atoms with E-state index in [0.29, 0.717) is 12.1 Å². The molecule has 1 fully saturated rings. The van der Waals surface area contributed by atoms with E-state index in [1.54, 1.807) is 6.07 Å². The van der Waals surface area contributed by atoms with Crippen LogP contribution >= 0.6 is 0 Å². The van der Waals surface area contributed by atoms with Crippen molar-refractivity contribution >= 4 is 0 Å². The normalized spacial score (nSPS) is 18.1. The van der Waals surface area contributed by atoms with Crippen LogP contribution in [0, 0.1) is 0 Å². The molecule has 0 spiro atoms. The third-order valence-corrected chi connectivity index (χ3v) is 3.49. The number of hydrogen-bond donors (Lipinski definition) is 4. The number of rotatable bonds is 5. The molecule has 4 N–H and O–H groups in total. The summed E-state index contributed by atoms with van der Waals surface area (Å²) in [7, 11) is 0. The Morgan fingerprint density at radius 1 is 1.20 bits per heavy atom. The summed E-state index contributed by atoms with van der Waals surface area (Å²) in [5.74, 6) is -1.05. The van der Waals surface area contributed by atoms with Gasteiger partial charge in [0.25, 0.3) is 0 Å². The van der Waals surface area contributed by atoms with Gasteiger partial charge in [0.1, 0.15) is 0 Å². The predicted octanol–water partition coefficient (Wildman–Crippen LogP) is 0.614. The third kappa shape index (κ3) is 3.75. The molecule has 1 saturated heterocycles. The summed E-state index contributed by atoms with van der Waals surface area (Å²) in [5.41, 5.74) is 0.564. The molecule has 1 aliphatic heterocycles. The first-order chi connectivity index (χ1) is 9.58. The molecule has 0 aromatic heterocycles. The Balaban J connectivity index is 1.83. The second kappa shape index (κ2) is 6.78. The van der Waals surface area contributed by atoms with Gasteiger partial charge in [-0.1, -0.05) is 6.07 Å². The van der Waals surface area contributed by atoms with Crippen molar-refractivity contribution in [2.75, 3.05) is 32.8 Å². The van der Waals surface area contributed by atoms with Gasteiger partial charge in [0.05, 0.1) is 13.2 Å². The Labute approximate surface area is 118 Å². The molecule has 20 heavy (non-hydrogen) atoms. The van der Waals surface area contributed by atoms with Crippen molar-refractivity contribution in [3.8, 4) is 17.2 Å². The van der Waals surface area contributed by atoms with Crippen LogP contribution in [0.5, 0.6) is 17.2 Å². The second-order valence-electron chi connectivity index (χ2n) is 5.14. The molecule has 1 aromatic rings.